The summed E-state index contributed by atoms with van der Waals surface area (Å²) in [7, 11) is 0. The highest BCUT2D eigenvalue weighted by molar-refractivity contribution is 6.08. The summed E-state index contributed by atoms with van der Waals surface area (Å²) in [5, 5.41) is 6.03. The van der Waals surface area contributed by atoms with Gasteiger partial charge in [-0.2, -0.15) is 0 Å². The fourth-order valence-electron chi connectivity index (χ4n) is 4.31. The van der Waals surface area contributed by atoms with Gasteiger partial charge in [-0.15, -0.1) is 49.6 Å². The highest BCUT2D eigenvalue weighted by atomic mass is 35.5. The first-order valence-electron chi connectivity index (χ1n) is 11.2. The maximum absolute atomic E-state index is 13.4. The molecule has 194 valence electrons. The van der Waals surface area contributed by atoms with Crippen LogP contribution < -0.4 is 5.32 Å². The molecular weight excluding hydrogens is 529 g/mol. The van der Waals surface area contributed by atoms with E-state index in [1.54, 1.807) is 0 Å². The van der Waals surface area contributed by atoms with Crippen LogP contribution in [0.3, 0.4) is 0 Å². The number of nitrogens with one attached hydrogen (secondary N) is 1. The fourth-order valence-corrected chi connectivity index (χ4v) is 4.31. The maximum atomic E-state index is 13.4. The van der Waals surface area contributed by atoms with E-state index in [4.69, 9.17) is 4.98 Å². The van der Waals surface area contributed by atoms with Gasteiger partial charge in [0.05, 0.1) is 11.2 Å². The second kappa shape index (κ2) is 16.2. The first kappa shape index (κ1) is 33.4. The Morgan fingerprint density at radius 2 is 1.57 bits per heavy atom. The second-order valence-corrected chi connectivity index (χ2v) is 7.94. The maximum Gasteiger partial charge on any atom is 0.123 e. The summed E-state index contributed by atoms with van der Waals surface area (Å²) in [6, 6.07) is 17.3. The lowest BCUT2D eigenvalue weighted by atomic mass is 10.1. The van der Waals surface area contributed by atoms with Gasteiger partial charge in [-0.25, -0.2) is 4.39 Å². The molecule has 2 aromatic heterocycles. The molecule has 2 aromatic carbocycles. The third-order valence-corrected chi connectivity index (χ3v) is 6.02. The highest BCUT2D eigenvalue weighted by Gasteiger charge is 2.15. The molecule has 35 heavy (non-hydrogen) atoms. The molecule has 0 aliphatic carbocycles. The van der Waals surface area contributed by atoms with E-state index >= 15 is 0 Å². The molecule has 4 rings (SSSR count). The van der Waals surface area contributed by atoms with E-state index in [0.29, 0.717) is 6.54 Å². The molecule has 2 heterocycles. The van der Waals surface area contributed by atoms with Crippen molar-refractivity contribution in [2.45, 2.75) is 33.4 Å². The minimum absolute atomic E-state index is 0. The predicted molar refractivity (Wildman–Crippen MR) is 156 cm³/mol. The second-order valence-electron chi connectivity index (χ2n) is 7.94. The third-order valence-electron chi connectivity index (χ3n) is 6.02. The summed E-state index contributed by atoms with van der Waals surface area (Å²) >= 11 is 0. The van der Waals surface area contributed by atoms with Gasteiger partial charge in [0, 0.05) is 35.6 Å². The van der Waals surface area contributed by atoms with Crippen molar-refractivity contribution in [3.63, 3.8) is 0 Å². The van der Waals surface area contributed by atoms with Gasteiger partial charge < -0.3 is 14.8 Å². The molecule has 4 aromatic rings. The van der Waals surface area contributed by atoms with E-state index in [0.717, 1.165) is 55.9 Å². The van der Waals surface area contributed by atoms with Crippen LogP contribution >= 0.6 is 49.6 Å². The number of hydrogen-bond acceptors (Lipinski definition) is 3. The van der Waals surface area contributed by atoms with Gasteiger partial charge in [0.2, 0.25) is 0 Å². The van der Waals surface area contributed by atoms with Crippen LogP contribution in [0.2, 0.25) is 0 Å². The lowest BCUT2D eigenvalue weighted by molar-refractivity contribution is 0.298. The number of hydrogen-bond donors (Lipinski definition) is 1. The largest absolute Gasteiger partial charge is 0.334 e. The Labute approximate surface area is 232 Å². The van der Waals surface area contributed by atoms with Crippen LogP contribution in [0.5, 0.6) is 0 Å². The number of aromatic nitrogens is 2. The monoisotopic (exact) mass is 562 g/mol. The SMILES string of the molecule is CCN(CC)CCCNCc1nccc2c3ccccc3n(Cc3ccc(F)cc3)c12.Cl.Cl.Cl.Cl. The Morgan fingerprint density at radius 3 is 2.26 bits per heavy atom. The Bertz CT molecular complexity index is 1150. The zero-order chi connectivity index (χ0) is 21.6. The molecule has 0 aliphatic heterocycles. The molecule has 0 amide bonds. The smallest absolute Gasteiger partial charge is 0.123 e. The first-order valence-corrected chi connectivity index (χ1v) is 11.2. The summed E-state index contributed by atoms with van der Waals surface area (Å²) in [6.45, 7) is 10.1. The molecule has 0 aliphatic rings. The highest BCUT2D eigenvalue weighted by Crippen LogP contribution is 2.31. The summed E-state index contributed by atoms with van der Waals surface area (Å²) in [5.74, 6) is -0.206. The molecule has 0 saturated heterocycles. The topological polar surface area (TPSA) is 33.1 Å². The Kier molecular flexibility index (Phi) is 15.5. The minimum Gasteiger partial charge on any atom is -0.334 e. The molecule has 0 bridgehead atoms. The van der Waals surface area contributed by atoms with E-state index in [-0.39, 0.29) is 55.4 Å². The van der Waals surface area contributed by atoms with Crippen molar-refractivity contribution in [2.24, 2.45) is 0 Å². The van der Waals surface area contributed by atoms with Gasteiger partial charge in [-0.3, -0.25) is 4.98 Å². The van der Waals surface area contributed by atoms with E-state index < -0.39 is 0 Å². The van der Waals surface area contributed by atoms with Gasteiger partial charge >= 0.3 is 0 Å². The third kappa shape index (κ3) is 7.94. The Morgan fingerprint density at radius 1 is 0.886 bits per heavy atom. The van der Waals surface area contributed by atoms with Crippen molar-refractivity contribution >= 4 is 71.4 Å². The van der Waals surface area contributed by atoms with Crippen molar-refractivity contribution in [3.8, 4) is 0 Å². The van der Waals surface area contributed by atoms with Crippen LogP contribution in [0.4, 0.5) is 4.39 Å². The van der Waals surface area contributed by atoms with Crippen molar-refractivity contribution in [3.05, 3.63) is 77.9 Å². The van der Waals surface area contributed by atoms with Crippen LogP contribution in [0.1, 0.15) is 31.5 Å². The number of pyridine rings is 1. The number of halogens is 5. The van der Waals surface area contributed by atoms with Crippen LogP contribution in [-0.4, -0.2) is 40.6 Å². The summed E-state index contributed by atoms with van der Waals surface area (Å²) in [5.41, 5.74) is 4.46. The van der Waals surface area contributed by atoms with Crippen LogP contribution in [0.15, 0.2) is 60.8 Å². The fraction of sp³-hybridized carbons (Fsp3) is 0.346. The van der Waals surface area contributed by atoms with Gasteiger partial charge in [0.1, 0.15) is 5.82 Å². The van der Waals surface area contributed by atoms with Gasteiger partial charge in [0.25, 0.3) is 0 Å². The Hall–Kier alpha value is -1.60. The molecule has 0 unspecified atom stereocenters. The average Bonchev–Trinajstić information content (AvgIpc) is 3.12. The van der Waals surface area contributed by atoms with Gasteiger partial charge in [0.15, 0.2) is 0 Å². The molecule has 0 saturated carbocycles. The summed E-state index contributed by atoms with van der Waals surface area (Å²) in [4.78, 5) is 7.18. The lowest BCUT2D eigenvalue weighted by Crippen LogP contribution is -2.27. The number of benzene rings is 2. The molecule has 1 N–H and O–H groups in total. The number of rotatable bonds is 10. The predicted octanol–water partition coefficient (Wildman–Crippen LogP) is 6.89. The van der Waals surface area contributed by atoms with Crippen molar-refractivity contribution in [1.29, 1.82) is 0 Å². The van der Waals surface area contributed by atoms with Crippen LogP contribution in [-0.2, 0) is 13.1 Å². The van der Waals surface area contributed by atoms with Crippen molar-refractivity contribution in [2.75, 3.05) is 26.2 Å². The van der Waals surface area contributed by atoms with Crippen molar-refractivity contribution in [1.82, 2.24) is 19.8 Å². The van der Waals surface area contributed by atoms with E-state index in [2.05, 4.69) is 59.0 Å². The lowest BCUT2D eigenvalue weighted by Gasteiger charge is -2.17. The number of fused-ring (bicyclic) bond motifs is 3. The van der Waals surface area contributed by atoms with Crippen LogP contribution in [0.25, 0.3) is 21.8 Å². The number of para-hydroxylation sites is 1. The molecule has 4 nitrogen and oxygen atoms in total. The van der Waals surface area contributed by atoms with E-state index in [1.165, 1.54) is 28.4 Å². The average molecular weight is 564 g/mol. The van der Waals surface area contributed by atoms with Crippen LogP contribution in [0, 0.1) is 5.82 Å². The quantitative estimate of drug-likeness (QED) is 0.213. The van der Waals surface area contributed by atoms with Crippen molar-refractivity contribution < 1.29 is 4.39 Å². The minimum atomic E-state index is -0.206. The molecule has 0 spiro atoms. The van der Waals surface area contributed by atoms with Gasteiger partial charge in [-0.1, -0.05) is 44.2 Å². The summed E-state index contributed by atoms with van der Waals surface area (Å²) < 4.78 is 15.7. The standard InChI is InChI=1S/C26H31FN4.4ClH/c1-3-30(4-2)17-7-15-28-18-24-26-23(14-16-29-24)22-8-5-6-9-25(22)31(26)19-20-10-12-21(27)13-11-20;;;;/h5-6,8-14,16,28H,3-4,7,15,17-19H2,1-2H3;4*1H. The van der Waals surface area contributed by atoms with E-state index in [9.17, 15) is 4.39 Å². The first-order chi connectivity index (χ1) is 15.2. The zero-order valence-electron chi connectivity index (χ0n) is 20.1. The number of nitrogens with zero attached hydrogens (tertiary/aromatic N) is 3. The molecule has 0 radical (unpaired) electrons. The Balaban J connectivity index is 0.00000289. The molecule has 0 atom stereocenters. The molecule has 9 heteroatoms. The summed E-state index contributed by atoms with van der Waals surface area (Å²) in [6.07, 6.45) is 3.03. The zero-order valence-corrected chi connectivity index (χ0v) is 23.3. The van der Waals surface area contributed by atoms with E-state index in [1.807, 2.05) is 18.3 Å². The molecule has 0 fully saturated rings. The molecular formula is C26H35Cl4FN4. The normalized spacial score (nSPS) is 10.4. The van der Waals surface area contributed by atoms with Gasteiger partial charge in [-0.05, 0) is 62.4 Å².